The Morgan fingerprint density at radius 2 is 2.10 bits per heavy atom. The van der Waals surface area contributed by atoms with Crippen LogP contribution in [0.3, 0.4) is 0 Å². The SMILES string of the molecule is Nc1nc2cc(N(CCN3CCOCC3=O)C(=O)Nc3ccc(Cl)cc3)ccc2s1. The lowest BCUT2D eigenvalue weighted by Gasteiger charge is -2.30. The summed E-state index contributed by atoms with van der Waals surface area (Å²) in [5, 5.41) is 3.93. The fourth-order valence-corrected chi connectivity index (χ4v) is 4.02. The van der Waals surface area contributed by atoms with Crippen LogP contribution in [0.4, 0.5) is 21.3 Å². The van der Waals surface area contributed by atoms with E-state index in [4.69, 9.17) is 22.1 Å². The normalized spacial score (nSPS) is 14.2. The Hall–Kier alpha value is -2.88. The summed E-state index contributed by atoms with van der Waals surface area (Å²) < 4.78 is 6.12. The van der Waals surface area contributed by atoms with E-state index in [0.717, 1.165) is 10.2 Å². The molecular formula is C20H20ClN5O3S. The number of nitrogen functional groups attached to an aromatic ring is 1. The zero-order valence-corrected chi connectivity index (χ0v) is 17.6. The second-order valence-electron chi connectivity index (χ2n) is 6.73. The molecule has 0 radical (unpaired) electrons. The standard InChI is InChI=1S/C20H20ClN5O3S/c21-13-1-3-14(4-2-13)23-20(28)26(8-7-25-9-10-29-12-18(25)27)15-5-6-17-16(11-15)24-19(22)30-17/h1-6,11H,7-10,12H2,(H2,22,24)(H,23,28). The second-order valence-corrected chi connectivity index (χ2v) is 8.22. The number of ether oxygens (including phenoxy) is 1. The number of carbonyl (C=O) groups is 2. The van der Waals surface area contributed by atoms with Gasteiger partial charge in [-0.3, -0.25) is 9.69 Å². The molecule has 0 atom stereocenters. The van der Waals surface area contributed by atoms with Crippen LogP contribution in [0.2, 0.25) is 5.02 Å². The van der Waals surface area contributed by atoms with Gasteiger partial charge in [0, 0.05) is 36.0 Å². The maximum Gasteiger partial charge on any atom is 0.326 e. The molecule has 2 heterocycles. The van der Waals surface area contributed by atoms with Gasteiger partial charge in [-0.1, -0.05) is 22.9 Å². The van der Waals surface area contributed by atoms with E-state index in [1.165, 1.54) is 11.3 Å². The summed E-state index contributed by atoms with van der Waals surface area (Å²) in [6, 6.07) is 12.1. The van der Waals surface area contributed by atoms with Crippen molar-refractivity contribution in [3.8, 4) is 0 Å². The number of nitrogens with zero attached hydrogens (tertiary/aromatic N) is 3. The van der Waals surface area contributed by atoms with Crippen molar-refractivity contribution < 1.29 is 14.3 Å². The number of halogens is 1. The maximum atomic E-state index is 13.1. The summed E-state index contributed by atoms with van der Waals surface area (Å²) in [7, 11) is 0. The van der Waals surface area contributed by atoms with E-state index in [1.54, 1.807) is 34.1 Å². The van der Waals surface area contributed by atoms with Gasteiger partial charge >= 0.3 is 6.03 Å². The fourth-order valence-electron chi connectivity index (χ4n) is 3.18. The molecule has 8 nitrogen and oxygen atoms in total. The average Bonchev–Trinajstić information content (AvgIpc) is 3.10. The van der Waals surface area contributed by atoms with Crippen LogP contribution in [-0.4, -0.2) is 54.7 Å². The number of rotatable bonds is 5. The molecule has 1 aliphatic heterocycles. The van der Waals surface area contributed by atoms with Crippen molar-refractivity contribution in [2.24, 2.45) is 0 Å². The first-order valence-corrected chi connectivity index (χ1v) is 10.5. The van der Waals surface area contributed by atoms with E-state index in [2.05, 4.69) is 10.3 Å². The van der Waals surface area contributed by atoms with Gasteiger partial charge in [-0.2, -0.15) is 0 Å². The molecule has 1 aromatic heterocycles. The molecule has 1 aliphatic rings. The Balaban J connectivity index is 1.57. The predicted octanol–water partition coefficient (Wildman–Crippen LogP) is 3.43. The highest BCUT2D eigenvalue weighted by Gasteiger charge is 2.22. The van der Waals surface area contributed by atoms with E-state index >= 15 is 0 Å². The van der Waals surface area contributed by atoms with Crippen LogP contribution in [0.5, 0.6) is 0 Å². The largest absolute Gasteiger partial charge is 0.375 e. The molecule has 3 N–H and O–H groups in total. The lowest BCUT2D eigenvalue weighted by atomic mass is 10.2. The van der Waals surface area contributed by atoms with Crippen molar-refractivity contribution in [3.05, 3.63) is 47.5 Å². The summed E-state index contributed by atoms with van der Waals surface area (Å²) >= 11 is 7.32. The Labute approximate surface area is 182 Å². The van der Waals surface area contributed by atoms with Gasteiger partial charge in [-0.25, -0.2) is 9.78 Å². The van der Waals surface area contributed by atoms with E-state index in [9.17, 15) is 9.59 Å². The quantitative estimate of drug-likeness (QED) is 0.626. The number of benzene rings is 2. The van der Waals surface area contributed by atoms with E-state index in [0.29, 0.717) is 47.8 Å². The van der Waals surface area contributed by atoms with Crippen LogP contribution in [0, 0.1) is 0 Å². The number of amides is 3. The van der Waals surface area contributed by atoms with Gasteiger partial charge in [-0.15, -0.1) is 0 Å². The smallest absolute Gasteiger partial charge is 0.326 e. The van der Waals surface area contributed by atoms with Gasteiger partial charge in [0.2, 0.25) is 5.91 Å². The minimum Gasteiger partial charge on any atom is -0.375 e. The number of aromatic nitrogens is 1. The van der Waals surface area contributed by atoms with Crippen LogP contribution >= 0.6 is 22.9 Å². The van der Waals surface area contributed by atoms with Crippen LogP contribution in [0.15, 0.2) is 42.5 Å². The van der Waals surface area contributed by atoms with Gasteiger partial charge < -0.3 is 20.7 Å². The number of hydrogen-bond acceptors (Lipinski definition) is 6. The third kappa shape index (κ3) is 4.64. The van der Waals surface area contributed by atoms with Gasteiger partial charge in [0.15, 0.2) is 5.13 Å². The van der Waals surface area contributed by atoms with Crippen molar-refractivity contribution in [2.45, 2.75) is 0 Å². The summed E-state index contributed by atoms with van der Waals surface area (Å²) in [4.78, 5) is 32.8. The summed E-state index contributed by atoms with van der Waals surface area (Å²) in [5.41, 5.74) is 7.82. The van der Waals surface area contributed by atoms with Crippen molar-refractivity contribution in [1.29, 1.82) is 0 Å². The average molecular weight is 446 g/mol. The molecule has 156 valence electrons. The zero-order valence-electron chi connectivity index (χ0n) is 16.0. The van der Waals surface area contributed by atoms with E-state index in [-0.39, 0.29) is 18.5 Å². The number of fused-ring (bicyclic) bond motifs is 1. The highest BCUT2D eigenvalue weighted by Crippen LogP contribution is 2.28. The molecule has 1 saturated heterocycles. The van der Waals surface area contributed by atoms with Crippen molar-refractivity contribution in [1.82, 2.24) is 9.88 Å². The summed E-state index contributed by atoms with van der Waals surface area (Å²) in [6.07, 6.45) is 0. The second kappa shape index (κ2) is 8.86. The number of thiazole rings is 1. The Morgan fingerprint density at radius 1 is 1.30 bits per heavy atom. The van der Waals surface area contributed by atoms with Crippen LogP contribution in [0.25, 0.3) is 10.2 Å². The third-order valence-electron chi connectivity index (χ3n) is 4.72. The topological polar surface area (TPSA) is 101 Å². The molecule has 2 aromatic carbocycles. The van der Waals surface area contributed by atoms with Crippen LogP contribution < -0.4 is 16.0 Å². The third-order valence-corrected chi connectivity index (χ3v) is 5.83. The molecule has 30 heavy (non-hydrogen) atoms. The van der Waals surface area contributed by atoms with Crippen LogP contribution in [0.1, 0.15) is 0 Å². The molecular weight excluding hydrogens is 426 g/mol. The van der Waals surface area contributed by atoms with Gasteiger partial charge in [-0.05, 0) is 42.5 Å². The highest BCUT2D eigenvalue weighted by molar-refractivity contribution is 7.22. The van der Waals surface area contributed by atoms with Crippen molar-refractivity contribution >= 4 is 61.6 Å². The van der Waals surface area contributed by atoms with Crippen molar-refractivity contribution in [3.63, 3.8) is 0 Å². The zero-order chi connectivity index (χ0) is 21.1. The Morgan fingerprint density at radius 3 is 2.87 bits per heavy atom. The molecule has 0 saturated carbocycles. The summed E-state index contributed by atoms with van der Waals surface area (Å²) in [5.74, 6) is -0.0814. The number of urea groups is 1. The van der Waals surface area contributed by atoms with Crippen LogP contribution in [-0.2, 0) is 9.53 Å². The number of nitrogens with one attached hydrogen (secondary N) is 1. The molecule has 1 fully saturated rings. The predicted molar refractivity (Wildman–Crippen MR) is 119 cm³/mol. The number of anilines is 3. The first kappa shape index (κ1) is 20.4. The number of carbonyl (C=O) groups excluding carboxylic acids is 2. The van der Waals surface area contributed by atoms with E-state index < -0.39 is 0 Å². The molecule has 0 bridgehead atoms. The molecule has 0 unspecified atom stereocenters. The first-order chi connectivity index (χ1) is 14.5. The Kier molecular flexibility index (Phi) is 6.03. The van der Waals surface area contributed by atoms with E-state index in [1.807, 2.05) is 18.2 Å². The van der Waals surface area contributed by atoms with Crippen molar-refractivity contribution in [2.75, 3.05) is 48.8 Å². The minimum atomic E-state index is -0.319. The fraction of sp³-hybridized carbons (Fsp3) is 0.250. The monoisotopic (exact) mass is 445 g/mol. The lowest BCUT2D eigenvalue weighted by molar-refractivity contribution is -0.142. The molecule has 0 spiro atoms. The highest BCUT2D eigenvalue weighted by atomic mass is 35.5. The molecule has 3 aromatic rings. The number of morpholine rings is 1. The minimum absolute atomic E-state index is 0.0705. The summed E-state index contributed by atoms with van der Waals surface area (Å²) in [6.45, 7) is 1.78. The first-order valence-electron chi connectivity index (χ1n) is 9.35. The Bertz CT molecular complexity index is 1070. The molecule has 0 aliphatic carbocycles. The lowest BCUT2D eigenvalue weighted by Crippen LogP contribution is -2.47. The van der Waals surface area contributed by atoms with Gasteiger partial charge in [0.1, 0.15) is 6.61 Å². The number of hydrogen-bond donors (Lipinski definition) is 2. The van der Waals surface area contributed by atoms with Gasteiger partial charge in [0.25, 0.3) is 0 Å². The van der Waals surface area contributed by atoms with Gasteiger partial charge in [0.05, 0.1) is 16.8 Å². The molecule has 3 amide bonds. The molecule has 4 rings (SSSR count). The molecule has 10 heteroatoms. The number of nitrogens with two attached hydrogens (primary N) is 1. The maximum absolute atomic E-state index is 13.1.